The number of H-pyrrole nitrogens is 1. The number of ether oxygens (including phenoxy) is 1. The van der Waals surface area contributed by atoms with Crippen LogP contribution < -0.4 is 10.6 Å². The molecule has 2 aromatic carbocycles. The minimum Gasteiger partial charge on any atom is -0.377 e. The van der Waals surface area contributed by atoms with E-state index in [1.165, 1.54) is 23.3 Å². The van der Waals surface area contributed by atoms with E-state index in [1.54, 1.807) is 7.05 Å². The van der Waals surface area contributed by atoms with Crippen molar-refractivity contribution >= 4 is 40.8 Å². The number of aromatic nitrogens is 1. The summed E-state index contributed by atoms with van der Waals surface area (Å²) in [6.45, 7) is 4.79. The Labute approximate surface area is 188 Å². The Balaban J connectivity index is 0.00000300. The van der Waals surface area contributed by atoms with Gasteiger partial charge in [-0.1, -0.05) is 24.3 Å². The van der Waals surface area contributed by atoms with Crippen LogP contribution in [0.2, 0.25) is 0 Å². The molecular formula is C22H28FIN4O. The average molecular weight is 510 g/mol. The number of fused-ring (bicyclic) bond motifs is 1. The van der Waals surface area contributed by atoms with E-state index in [2.05, 4.69) is 44.9 Å². The van der Waals surface area contributed by atoms with E-state index in [4.69, 9.17) is 4.74 Å². The average Bonchev–Trinajstić information content (AvgIpc) is 3.11. The molecule has 5 nitrogen and oxygen atoms in total. The molecule has 156 valence electrons. The topological polar surface area (TPSA) is 61.4 Å². The third kappa shape index (κ3) is 6.71. The SMILES string of the molecule is CCOCc1ccc(CNC(=NC)NCCc2c[nH]c3cc(F)ccc23)cc1.I. The Kier molecular flexibility index (Phi) is 9.40. The van der Waals surface area contributed by atoms with Gasteiger partial charge in [0.2, 0.25) is 0 Å². The van der Waals surface area contributed by atoms with Crippen molar-refractivity contribution in [1.82, 2.24) is 15.6 Å². The molecule has 0 bridgehead atoms. The first-order valence-corrected chi connectivity index (χ1v) is 9.55. The van der Waals surface area contributed by atoms with Crippen molar-refractivity contribution in [3.63, 3.8) is 0 Å². The van der Waals surface area contributed by atoms with E-state index in [-0.39, 0.29) is 29.8 Å². The molecule has 29 heavy (non-hydrogen) atoms. The van der Waals surface area contributed by atoms with Gasteiger partial charge in [0.1, 0.15) is 5.82 Å². The number of halogens is 2. The van der Waals surface area contributed by atoms with E-state index in [9.17, 15) is 4.39 Å². The number of nitrogens with one attached hydrogen (secondary N) is 3. The maximum atomic E-state index is 13.3. The van der Waals surface area contributed by atoms with Gasteiger partial charge in [-0.15, -0.1) is 24.0 Å². The predicted octanol–water partition coefficient (Wildman–Crippen LogP) is 4.37. The molecule has 0 radical (unpaired) electrons. The number of hydrogen-bond acceptors (Lipinski definition) is 2. The van der Waals surface area contributed by atoms with E-state index >= 15 is 0 Å². The monoisotopic (exact) mass is 510 g/mol. The highest BCUT2D eigenvalue weighted by atomic mass is 127. The van der Waals surface area contributed by atoms with Crippen molar-refractivity contribution in [2.75, 3.05) is 20.2 Å². The minimum atomic E-state index is -0.227. The molecule has 0 fully saturated rings. The van der Waals surface area contributed by atoms with Gasteiger partial charge >= 0.3 is 0 Å². The largest absolute Gasteiger partial charge is 0.377 e. The van der Waals surface area contributed by atoms with Crippen molar-refractivity contribution in [2.45, 2.75) is 26.5 Å². The Morgan fingerprint density at radius 3 is 2.59 bits per heavy atom. The van der Waals surface area contributed by atoms with Crippen molar-refractivity contribution in [2.24, 2.45) is 4.99 Å². The quantitative estimate of drug-likeness (QED) is 0.240. The second kappa shape index (κ2) is 11.8. The van der Waals surface area contributed by atoms with Crippen LogP contribution >= 0.6 is 24.0 Å². The van der Waals surface area contributed by atoms with Crippen molar-refractivity contribution in [3.8, 4) is 0 Å². The van der Waals surface area contributed by atoms with Gasteiger partial charge < -0.3 is 20.4 Å². The molecule has 0 aliphatic carbocycles. The van der Waals surface area contributed by atoms with Gasteiger partial charge in [-0.3, -0.25) is 4.99 Å². The molecule has 7 heteroatoms. The van der Waals surface area contributed by atoms with Gasteiger partial charge in [0.15, 0.2) is 5.96 Å². The predicted molar refractivity (Wildman–Crippen MR) is 127 cm³/mol. The highest BCUT2D eigenvalue weighted by Gasteiger charge is 2.05. The summed E-state index contributed by atoms with van der Waals surface area (Å²) in [6.07, 6.45) is 2.75. The zero-order valence-electron chi connectivity index (χ0n) is 16.8. The van der Waals surface area contributed by atoms with Crippen LogP contribution in [0.25, 0.3) is 10.9 Å². The summed E-state index contributed by atoms with van der Waals surface area (Å²) in [5.41, 5.74) is 4.33. The number of hydrogen-bond donors (Lipinski definition) is 3. The lowest BCUT2D eigenvalue weighted by molar-refractivity contribution is 0.134. The number of aliphatic imine (C=N–C) groups is 1. The third-order valence-corrected chi connectivity index (χ3v) is 4.60. The van der Waals surface area contributed by atoms with Gasteiger partial charge in [0.25, 0.3) is 0 Å². The van der Waals surface area contributed by atoms with Crippen LogP contribution in [0.5, 0.6) is 0 Å². The van der Waals surface area contributed by atoms with Gasteiger partial charge in [-0.25, -0.2) is 4.39 Å². The summed E-state index contributed by atoms with van der Waals surface area (Å²) in [4.78, 5) is 7.39. The zero-order chi connectivity index (χ0) is 19.8. The Hall–Kier alpha value is -2.13. The maximum Gasteiger partial charge on any atom is 0.191 e. The van der Waals surface area contributed by atoms with Gasteiger partial charge in [-0.05, 0) is 48.2 Å². The number of aromatic amines is 1. The van der Waals surface area contributed by atoms with Crippen LogP contribution in [0.1, 0.15) is 23.6 Å². The first-order valence-electron chi connectivity index (χ1n) is 9.55. The molecule has 0 saturated carbocycles. The first-order chi connectivity index (χ1) is 13.7. The van der Waals surface area contributed by atoms with Gasteiger partial charge in [0, 0.05) is 43.8 Å². The molecule has 0 atom stereocenters. The smallest absolute Gasteiger partial charge is 0.191 e. The van der Waals surface area contributed by atoms with E-state index in [1.807, 2.05) is 19.2 Å². The second-order valence-electron chi connectivity index (χ2n) is 6.56. The summed E-state index contributed by atoms with van der Waals surface area (Å²) in [6, 6.07) is 13.2. The van der Waals surface area contributed by atoms with E-state index in [0.29, 0.717) is 13.2 Å². The van der Waals surface area contributed by atoms with Gasteiger partial charge in [-0.2, -0.15) is 0 Å². The lowest BCUT2D eigenvalue weighted by atomic mass is 10.1. The molecule has 1 heterocycles. The summed E-state index contributed by atoms with van der Waals surface area (Å²) in [5.74, 6) is 0.527. The number of nitrogens with zero attached hydrogens (tertiary/aromatic N) is 1. The van der Waals surface area contributed by atoms with Crippen LogP contribution in [0, 0.1) is 5.82 Å². The molecule has 3 N–H and O–H groups in total. The van der Waals surface area contributed by atoms with E-state index in [0.717, 1.165) is 42.0 Å². The molecule has 3 rings (SSSR count). The highest BCUT2D eigenvalue weighted by molar-refractivity contribution is 14.0. The van der Waals surface area contributed by atoms with Crippen LogP contribution in [0.4, 0.5) is 4.39 Å². The Morgan fingerprint density at radius 1 is 1.10 bits per heavy atom. The van der Waals surface area contributed by atoms with Crippen LogP contribution in [-0.2, 0) is 24.3 Å². The number of benzene rings is 2. The lowest BCUT2D eigenvalue weighted by Gasteiger charge is -2.12. The van der Waals surface area contributed by atoms with Gasteiger partial charge in [0.05, 0.1) is 6.61 Å². The first kappa shape index (κ1) is 23.2. The second-order valence-corrected chi connectivity index (χ2v) is 6.56. The molecule has 0 unspecified atom stereocenters. The maximum absolute atomic E-state index is 13.3. The molecule has 0 spiro atoms. The summed E-state index contributed by atoms with van der Waals surface area (Å²) in [7, 11) is 1.76. The Morgan fingerprint density at radius 2 is 1.86 bits per heavy atom. The van der Waals surface area contributed by atoms with Crippen molar-refractivity contribution in [3.05, 3.63) is 71.2 Å². The zero-order valence-corrected chi connectivity index (χ0v) is 19.1. The molecular weight excluding hydrogens is 482 g/mol. The Bertz CT molecular complexity index is 924. The van der Waals surface area contributed by atoms with Crippen LogP contribution in [0.15, 0.2) is 53.7 Å². The molecule has 1 aromatic heterocycles. The fourth-order valence-electron chi connectivity index (χ4n) is 3.06. The van der Waals surface area contributed by atoms with Crippen LogP contribution in [0.3, 0.4) is 0 Å². The van der Waals surface area contributed by atoms with Crippen molar-refractivity contribution < 1.29 is 9.13 Å². The summed E-state index contributed by atoms with van der Waals surface area (Å²) >= 11 is 0. The fourth-order valence-corrected chi connectivity index (χ4v) is 3.06. The van der Waals surface area contributed by atoms with E-state index < -0.39 is 0 Å². The number of guanidine groups is 1. The molecule has 0 aliphatic rings. The standard InChI is InChI=1S/C22H27FN4O.HI/c1-3-28-15-17-6-4-16(5-7-17)13-27-22(24-2)25-11-10-18-14-26-21-12-19(23)8-9-20(18)21;/h4-9,12,14,26H,3,10-11,13,15H2,1-2H3,(H2,24,25,27);1H. The van der Waals surface area contributed by atoms with Crippen LogP contribution in [-0.4, -0.2) is 31.1 Å². The normalized spacial score (nSPS) is 11.3. The highest BCUT2D eigenvalue weighted by Crippen LogP contribution is 2.19. The summed E-state index contributed by atoms with van der Waals surface area (Å²) < 4.78 is 18.7. The molecule has 3 aromatic rings. The van der Waals surface area contributed by atoms with Crippen molar-refractivity contribution in [1.29, 1.82) is 0 Å². The number of rotatable bonds is 8. The fraction of sp³-hybridized carbons (Fsp3) is 0.318. The summed E-state index contributed by atoms with van der Waals surface area (Å²) in [5, 5.41) is 7.70. The molecule has 0 saturated heterocycles. The minimum absolute atomic E-state index is 0. The third-order valence-electron chi connectivity index (χ3n) is 4.60. The molecule has 0 aliphatic heterocycles. The molecule has 0 amide bonds. The lowest BCUT2D eigenvalue weighted by Crippen LogP contribution is -2.37.